The number of ether oxygens (including phenoxy) is 1. The van der Waals surface area contributed by atoms with Crippen molar-refractivity contribution in [3.05, 3.63) is 46.0 Å². The minimum Gasteiger partial charge on any atom is -0.378 e. The van der Waals surface area contributed by atoms with Crippen LogP contribution >= 0.6 is 0 Å². The summed E-state index contributed by atoms with van der Waals surface area (Å²) in [7, 11) is -3.59. The van der Waals surface area contributed by atoms with Crippen LogP contribution in [0.3, 0.4) is 0 Å². The van der Waals surface area contributed by atoms with Crippen LogP contribution in [0.4, 0.5) is 5.69 Å². The third kappa shape index (κ3) is 3.55. The summed E-state index contributed by atoms with van der Waals surface area (Å²) in [5.74, 6) is 0. The largest absolute Gasteiger partial charge is 0.378 e. The zero-order chi connectivity index (χ0) is 14.6. The number of hydrogen-bond donors (Lipinski definition) is 0. The van der Waals surface area contributed by atoms with Gasteiger partial charge in [0.05, 0.1) is 28.4 Å². The number of nitro benzene ring substituents is 1. The molecule has 7 nitrogen and oxygen atoms in total. The fourth-order valence-electron chi connectivity index (χ4n) is 1.73. The average molecular weight is 298 g/mol. The number of nitro groups is 1. The normalized spacial score (nSPS) is 16.5. The van der Waals surface area contributed by atoms with Gasteiger partial charge in [0.2, 0.25) is 9.84 Å². The molecule has 0 radical (unpaired) electrons. The van der Waals surface area contributed by atoms with Crippen LogP contribution in [0.25, 0.3) is 0 Å². The standard InChI is InChI=1S/C12H14N2O5S/c15-14(16)11-1-3-12(4-2-11)20(17,18)10-7-13-5-8-19-9-6-13/h1-4,7,10H,5-6,8-9H2/b10-7+. The maximum atomic E-state index is 12.0. The first kappa shape index (κ1) is 14.5. The minimum absolute atomic E-state index is 0.0348. The van der Waals surface area contributed by atoms with Crippen LogP contribution in [-0.4, -0.2) is 44.5 Å². The van der Waals surface area contributed by atoms with Crippen LogP contribution in [0.1, 0.15) is 0 Å². The van der Waals surface area contributed by atoms with E-state index >= 15 is 0 Å². The smallest absolute Gasteiger partial charge is 0.269 e. The van der Waals surface area contributed by atoms with Gasteiger partial charge in [-0.1, -0.05) is 0 Å². The molecule has 0 amide bonds. The highest BCUT2D eigenvalue weighted by molar-refractivity contribution is 7.94. The molecule has 1 aliphatic heterocycles. The van der Waals surface area contributed by atoms with E-state index in [0.29, 0.717) is 26.3 Å². The Morgan fingerprint density at radius 3 is 2.35 bits per heavy atom. The predicted octanol–water partition coefficient (Wildman–Crippen LogP) is 1.17. The summed E-state index contributed by atoms with van der Waals surface area (Å²) in [5.41, 5.74) is -0.138. The molecule has 1 aromatic carbocycles. The van der Waals surface area contributed by atoms with Crippen molar-refractivity contribution in [1.29, 1.82) is 0 Å². The summed E-state index contributed by atoms with van der Waals surface area (Å²) in [5, 5.41) is 11.6. The molecule has 1 heterocycles. The number of morpholine rings is 1. The van der Waals surface area contributed by atoms with Crippen LogP contribution < -0.4 is 0 Å². The molecular weight excluding hydrogens is 284 g/mol. The molecule has 0 N–H and O–H groups in total. The Bertz CT molecular complexity index is 603. The third-order valence-electron chi connectivity index (χ3n) is 2.87. The van der Waals surface area contributed by atoms with Gasteiger partial charge in [-0.3, -0.25) is 10.1 Å². The maximum Gasteiger partial charge on any atom is 0.269 e. The Morgan fingerprint density at radius 1 is 1.20 bits per heavy atom. The van der Waals surface area contributed by atoms with Crippen LogP contribution in [0.15, 0.2) is 40.8 Å². The molecule has 1 aromatic rings. The highest BCUT2D eigenvalue weighted by Gasteiger charge is 2.14. The first-order valence-electron chi connectivity index (χ1n) is 5.98. The fourth-order valence-corrected chi connectivity index (χ4v) is 2.73. The van der Waals surface area contributed by atoms with Gasteiger partial charge >= 0.3 is 0 Å². The second-order valence-corrected chi connectivity index (χ2v) is 6.06. The van der Waals surface area contributed by atoms with Crippen molar-refractivity contribution in [3.63, 3.8) is 0 Å². The summed E-state index contributed by atoms with van der Waals surface area (Å²) in [6.07, 6.45) is 1.51. The number of sulfone groups is 1. The van der Waals surface area contributed by atoms with Crippen molar-refractivity contribution in [2.24, 2.45) is 0 Å². The second-order valence-electron chi connectivity index (χ2n) is 4.23. The van der Waals surface area contributed by atoms with Crippen LogP contribution in [0, 0.1) is 10.1 Å². The van der Waals surface area contributed by atoms with Gasteiger partial charge in [0.1, 0.15) is 0 Å². The molecule has 0 saturated carbocycles. The van der Waals surface area contributed by atoms with Crippen molar-refractivity contribution in [2.45, 2.75) is 4.90 Å². The Labute approximate surface area is 116 Å². The molecule has 0 bridgehead atoms. The van der Waals surface area contributed by atoms with Crippen molar-refractivity contribution in [2.75, 3.05) is 26.3 Å². The number of non-ortho nitro benzene ring substituents is 1. The molecule has 0 unspecified atom stereocenters. The summed E-state index contributed by atoms with van der Waals surface area (Å²) in [6.45, 7) is 2.43. The van der Waals surface area contributed by atoms with Crippen LogP contribution in [-0.2, 0) is 14.6 Å². The molecular formula is C12H14N2O5S. The van der Waals surface area contributed by atoms with E-state index in [4.69, 9.17) is 4.74 Å². The van der Waals surface area contributed by atoms with Gasteiger partial charge in [-0.05, 0) is 12.1 Å². The van der Waals surface area contributed by atoms with Crippen LogP contribution in [0.2, 0.25) is 0 Å². The molecule has 0 spiro atoms. The number of benzene rings is 1. The number of rotatable bonds is 4. The molecule has 108 valence electrons. The molecule has 1 aliphatic rings. The first-order chi connectivity index (χ1) is 9.49. The molecule has 1 saturated heterocycles. The Kier molecular flexibility index (Phi) is 4.35. The highest BCUT2D eigenvalue weighted by Crippen LogP contribution is 2.17. The summed E-state index contributed by atoms with van der Waals surface area (Å²) in [4.78, 5) is 11.8. The van der Waals surface area contributed by atoms with Crippen molar-refractivity contribution in [1.82, 2.24) is 4.90 Å². The van der Waals surface area contributed by atoms with Gasteiger partial charge in [0, 0.05) is 31.4 Å². The van der Waals surface area contributed by atoms with Gasteiger partial charge < -0.3 is 9.64 Å². The Morgan fingerprint density at radius 2 is 1.80 bits per heavy atom. The molecule has 1 fully saturated rings. The van der Waals surface area contributed by atoms with Gasteiger partial charge in [-0.2, -0.15) is 0 Å². The first-order valence-corrected chi connectivity index (χ1v) is 7.53. The second kappa shape index (κ2) is 6.02. The van der Waals surface area contributed by atoms with Gasteiger partial charge in [-0.15, -0.1) is 0 Å². The molecule has 2 rings (SSSR count). The lowest BCUT2D eigenvalue weighted by Gasteiger charge is -2.24. The molecule has 20 heavy (non-hydrogen) atoms. The highest BCUT2D eigenvalue weighted by atomic mass is 32.2. The van der Waals surface area contributed by atoms with Crippen molar-refractivity contribution in [3.8, 4) is 0 Å². The van der Waals surface area contributed by atoms with E-state index in [-0.39, 0.29) is 10.6 Å². The third-order valence-corrected chi connectivity index (χ3v) is 4.28. The number of nitrogens with zero attached hydrogens (tertiary/aromatic N) is 2. The van der Waals surface area contributed by atoms with Gasteiger partial charge in [0.25, 0.3) is 5.69 Å². The predicted molar refractivity (Wildman–Crippen MR) is 71.8 cm³/mol. The minimum atomic E-state index is -3.59. The van der Waals surface area contributed by atoms with E-state index in [1.165, 1.54) is 30.5 Å². The lowest BCUT2D eigenvalue weighted by Crippen LogP contribution is -2.32. The average Bonchev–Trinajstić information content (AvgIpc) is 2.46. The Balaban J connectivity index is 2.13. The van der Waals surface area contributed by atoms with E-state index in [2.05, 4.69) is 0 Å². The maximum absolute atomic E-state index is 12.0. The van der Waals surface area contributed by atoms with Crippen LogP contribution in [0.5, 0.6) is 0 Å². The van der Waals surface area contributed by atoms with Crippen molar-refractivity contribution >= 4 is 15.5 Å². The topological polar surface area (TPSA) is 89.8 Å². The van der Waals surface area contributed by atoms with E-state index in [0.717, 1.165) is 5.41 Å². The monoisotopic (exact) mass is 298 g/mol. The summed E-state index contributed by atoms with van der Waals surface area (Å²) < 4.78 is 29.2. The SMILES string of the molecule is O=[N+]([O-])c1ccc(S(=O)(=O)/C=C/N2CCOCC2)cc1. The Hall–Kier alpha value is -1.93. The van der Waals surface area contributed by atoms with Crippen molar-refractivity contribution < 1.29 is 18.1 Å². The molecule has 0 aliphatic carbocycles. The van der Waals surface area contributed by atoms with E-state index in [1.807, 2.05) is 4.90 Å². The molecule has 0 aromatic heterocycles. The molecule has 8 heteroatoms. The quantitative estimate of drug-likeness (QED) is 0.612. The van der Waals surface area contributed by atoms with E-state index in [1.54, 1.807) is 0 Å². The summed E-state index contributed by atoms with van der Waals surface area (Å²) in [6, 6.07) is 4.82. The lowest BCUT2D eigenvalue weighted by molar-refractivity contribution is -0.384. The summed E-state index contributed by atoms with van der Waals surface area (Å²) >= 11 is 0. The van der Waals surface area contributed by atoms with E-state index < -0.39 is 14.8 Å². The van der Waals surface area contributed by atoms with Gasteiger partial charge in [-0.25, -0.2) is 8.42 Å². The van der Waals surface area contributed by atoms with E-state index in [9.17, 15) is 18.5 Å². The fraction of sp³-hybridized carbons (Fsp3) is 0.333. The zero-order valence-electron chi connectivity index (χ0n) is 10.6. The number of hydrogen-bond acceptors (Lipinski definition) is 6. The zero-order valence-corrected chi connectivity index (χ0v) is 11.5. The lowest BCUT2D eigenvalue weighted by atomic mass is 10.3. The molecule has 0 atom stereocenters. The van der Waals surface area contributed by atoms with Gasteiger partial charge in [0.15, 0.2) is 0 Å².